The van der Waals surface area contributed by atoms with Crippen molar-refractivity contribution in [2.75, 3.05) is 26.9 Å². The molecule has 0 aliphatic carbocycles. The minimum atomic E-state index is 0.487. The van der Waals surface area contributed by atoms with Crippen LogP contribution in [0.1, 0.15) is 36.6 Å². The lowest BCUT2D eigenvalue weighted by molar-refractivity contribution is 0.215. The van der Waals surface area contributed by atoms with Crippen molar-refractivity contribution < 1.29 is 19.0 Å². The van der Waals surface area contributed by atoms with E-state index in [2.05, 4.69) is 20.2 Å². The smallest absolute Gasteiger partial charge is 0.233 e. The fourth-order valence-corrected chi connectivity index (χ4v) is 2.60. The normalized spacial score (nSPS) is 11.2. The second-order valence-electron chi connectivity index (χ2n) is 6.38. The van der Waals surface area contributed by atoms with Crippen LogP contribution >= 0.6 is 0 Å². The van der Waals surface area contributed by atoms with Crippen LogP contribution < -0.4 is 14.2 Å². The highest BCUT2D eigenvalue weighted by molar-refractivity contribution is 5.75. The Hall–Kier alpha value is -3.09. The average molecular weight is 399 g/mol. The molecule has 0 unspecified atom stereocenters. The molecule has 0 atom stereocenters. The third-order valence-corrected chi connectivity index (χ3v) is 4.00. The molecule has 0 aliphatic rings. The van der Waals surface area contributed by atoms with Crippen molar-refractivity contribution in [2.45, 2.75) is 33.6 Å². The second kappa shape index (κ2) is 12.4. The lowest BCUT2D eigenvalue weighted by Gasteiger charge is -2.14. The molecule has 156 valence electrons. The Balaban J connectivity index is 1.70. The number of oxime groups is 1. The first-order valence-corrected chi connectivity index (χ1v) is 9.65. The van der Waals surface area contributed by atoms with Crippen LogP contribution in [0.4, 0.5) is 0 Å². The molecule has 0 N–H and O–H groups in total. The van der Waals surface area contributed by atoms with Crippen molar-refractivity contribution in [3.05, 3.63) is 53.2 Å². The van der Waals surface area contributed by atoms with Crippen molar-refractivity contribution in [2.24, 2.45) is 5.16 Å². The summed E-state index contributed by atoms with van der Waals surface area (Å²) in [6, 6.07) is 7.54. The Morgan fingerprint density at radius 2 is 1.69 bits per heavy atom. The van der Waals surface area contributed by atoms with Crippen molar-refractivity contribution >= 4 is 6.21 Å². The number of rotatable bonds is 12. The predicted molar refractivity (Wildman–Crippen MR) is 113 cm³/mol. The molecule has 0 spiro atoms. The lowest BCUT2D eigenvalue weighted by atomic mass is 10.1. The van der Waals surface area contributed by atoms with E-state index in [1.807, 2.05) is 45.1 Å². The van der Waals surface area contributed by atoms with Crippen molar-refractivity contribution in [3.63, 3.8) is 0 Å². The SMILES string of the molecule is C/C=C/COc1cc(C)c(OCCCCOc2ccc(C=NOC)nn2)c(C)c1. The number of allylic oxidation sites excluding steroid dienone is 1. The fraction of sp³-hybridized carbons (Fsp3) is 0.409. The van der Waals surface area contributed by atoms with Gasteiger partial charge in [0.1, 0.15) is 30.9 Å². The van der Waals surface area contributed by atoms with Gasteiger partial charge in [-0.3, -0.25) is 0 Å². The summed E-state index contributed by atoms with van der Waals surface area (Å²) in [5.74, 6) is 2.27. The van der Waals surface area contributed by atoms with Crippen LogP contribution in [-0.2, 0) is 4.84 Å². The molecule has 0 bridgehead atoms. The molecule has 0 radical (unpaired) electrons. The molecule has 1 aromatic carbocycles. The molecule has 0 saturated heterocycles. The number of aryl methyl sites for hydroxylation is 2. The van der Waals surface area contributed by atoms with Crippen LogP contribution in [0.2, 0.25) is 0 Å². The zero-order valence-corrected chi connectivity index (χ0v) is 17.6. The van der Waals surface area contributed by atoms with Gasteiger partial charge in [0.15, 0.2) is 0 Å². The maximum atomic E-state index is 5.97. The second-order valence-corrected chi connectivity index (χ2v) is 6.38. The molecule has 29 heavy (non-hydrogen) atoms. The van der Waals surface area contributed by atoms with E-state index in [0.717, 1.165) is 35.5 Å². The monoisotopic (exact) mass is 399 g/mol. The first-order valence-electron chi connectivity index (χ1n) is 9.65. The standard InChI is InChI=1S/C22H29N3O4/c1-5-6-11-27-20-14-17(2)22(18(3)15-20)29-13-8-7-12-28-21-10-9-19(24-25-21)16-23-26-4/h5-6,9-10,14-16H,7-8,11-13H2,1-4H3/b6-5+,23-16?. The van der Waals surface area contributed by atoms with Crippen LogP contribution in [0, 0.1) is 13.8 Å². The largest absolute Gasteiger partial charge is 0.493 e. The average Bonchev–Trinajstić information content (AvgIpc) is 2.71. The number of hydrogen-bond donors (Lipinski definition) is 0. The molecule has 7 heteroatoms. The minimum Gasteiger partial charge on any atom is -0.493 e. The van der Waals surface area contributed by atoms with Gasteiger partial charge in [0, 0.05) is 6.07 Å². The lowest BCUT2D eigenvalue weighted by Crippen LogP contribution is -2.05. The van der Waals surface area contributed by atoms with Gasteiger partial charge in [0.05, 0.1) is 19.4 Å². The van der Waals surface area contributed by atoms with Crippen LogP contribution in [-0.4, -0.2) is 43.3 Å². The Kier molecular flexibility index (Phi) is 9.48. The highest BCUT2D eigenvalue weighted by Gasteiger charge is 2.07. The maximum Gasteiger partial charge on any atom is 0.233 e. The van der Waals surface area contributed by atoms with E-state index in [9.17, 15) is 0 Å². The summed E-state index contributed by atoms with van der Waals surface area (Å²) in [5.41, 5.74) is 2.75. The quantitative estimate of drug-likeness (QED) is 0.230. The summed E-state index contributed by atoms with van der Waals surface area (Å²) in [7, 11) is 1.48. The summed E-state index contributed by atoms with van der Waals surface area (Å²) in [6.07, 6.45) is 7.17. The number of ether oxygens (including phenoxy) is 3. The first kappa shape index (κ1) is 22.2. The first-order chi connectivity index (χ1) is 14.1. The Morgan fingerprint density at radius 1 is 0.966 bits per heavy atom. The molecule has 0 amide bonds. The van der Waals surface area contributed by atoms with E-state index >= 15 is 0 Å². The van der Waals surface area contributed by atoms with Crippen LogP contribution in [0.25, 0.3) is 0 Å². The number of aromatic nitrogens is 2. The van der Waals surface area contributed by atoms with Gasteiger partial charge in [-0.05, 0) is 62.9 Å². The molecule has 1 aromatic heterocycles. The number of benzene rings is 1. The van der Waals surface area contributed by atoms with Gasteiger partial charge in [-0.25, -0.2) is 0 Å². The van der Waals surface area contributed by atoms with Gasteiger partial charge in [-0.15, -0.1) is 10.2 Å². The van der Waals surface area contributed by atoms with Gasteiger partial charge >= 0.3 is 0 Å². The van der Waals surface area contributed by atoms with Gasteiger partial charge < -0.3 is 19.0 Å². The molecule has 0 aliphatic heterocycles. The van der Waals surface area contributed by atoms with Crippen LogP contribution in [0.5, 0.6) is 17.4 Å². The van der Waals surface area contributed by atoms with Crippen molar-refractivity contribution in [1.29, 1.82) is 0 Å². The molecule has 2 rings (SSSR count). The summed E-state index contributed by atoms with van der Waals surface area (Å²) >= 11 is 0. The molecule has 2 aromatic rings. The zero-order chi connectivity index (χ0) is 20.9. The molecular formula is C22H29N3O4. The highest BCUT2D eigenvalue weighted by Crippen LogP contribution is 2.28. The predicted octanol–water partition coefficient (Wildman–Crippen LogP) is 4.27. The van der Waals surface area contributed by atoms with E-state index in [1.54, 1.807) is 12.1 Å². The van der Waals surface area contributed by atoms with Crippen molar-refractivity contribution in [1.82, 2.24) is 10.2 Å². The van der Waals surface area contributed by atoms with Crippen LogP contribution in [0.15, 0.2) is 41.6 Å². The zero-order valence-electron chi connectivity index (χ0n) is 17.6. The topological polar surface area (TPSA) is 75.1 Å². The molecular weight excluding hydrogens is 370 g/mol. The molecule has 1 heterocycles. The van der Waals surface area contributed by atoms with E-state index in [0.29, 0.717) is 31.4 Å². The van der Waals surface area contributed by atoms with Crippen LogP contribution in [0.3, 0.4) is 0 Å². The molecule has 0 saturated carbocycles. The number of unbranched alkanes of at least 4 members (excludes halogenated alkanes) is 1. The number of nitrogens with zero attached hydrogens (tertiary/aromatic N) is 3. The number of hydrogen-bond acceptors (Lipinski definition) is 7. The van der Waals surface area contributed by atoms with Gasteiger partial charge in [-0.2, -0.15) is 0 Å². The van der Waals surface area contributed by atoms with E-state index in [-0.39, 0.29) is 0 Å². The third kappa shape index (κ3) is 7.81. The minimum absolute atomic E-state index is 0.487. The summed E-state index contributed by atoms with van der Waals surface area (Å²) in [4.78, 5) is 4.60. The van der Waals surface area contributed by atoms with Crippen molar-refractivity contribution in [3.8, 4) is 17.4 Å². The Labute approximate surface area is 172 Å². The van der Waals surface area contributed by atoms with Gasteiger partial charge in [-0.1, -0.05) is 17.3 Å². The van der Waals surface area contributed by atoms with Gasteiger partial charge in [0.2, 0.25) is 5.88 Å². The summed E-state index contributed by atoms with van der Waals surface area (Å²) in [5, 5.41) is 11.6. The highest BCUT2D eigenvalue weighted by atomic mass is 16.6. The summed E-state index contributed by atoms with van der Waals surface area (Å²) in [6.45, 7) is 7.80. The fourth-order valence-electron chi connectivity index (χ4n) is 2.60. The molecule has 7 nitrogen and oxygen atoms in total. The Bertz CT molecular complexity index is 781. The Morgan fingerprint density at radius 3 is 2.31 bits per heavy atom. The van der Waals surface area contributed by atoms with E-state index in [1.165, 1.54) is 13.3 Å². The molecule has 0 fully saturated rings. The van der Waals surface area contributed by atoms with E-state index < -0.39 is 0 Å². The van der Waals surface area contributed by atoms with E-state index in [4.69, 9.17) is 14.2 Å². The summed E-state index contributed by atoms with van der Waals surface area (Å²) < 4.78 is 17.3. The maximum absolute atomic E-state index is 5.97. The van der Waals surface area contributed by atoms with Gasteiger partial charge in [0.25, 0.3) is 0 Å². The third-order valence-electron chi connectivity index (χ3n) is 4.00.